The van der Waals surface area contributed by atoms with E-state index in [1.165, 1.54) is 11.1 Å². The van der Waals surface area contributed by atoms with Gasteiger partial charge in [-0.2, -0.15) is 0 Å². The van der Waals surface area contributed by atoms with Crippen LogP contribution in [0.1, 0.15) is 48.3 Å². The molecule has 5 nitrogen and oxygen atoms in total. The molecule has 1 heterocycles. The predicted molar refractivity (Wildman–Crippen MR) is 121 cm³/mol. The van der Waals surface area contributed by atoms with E-state index in [0.717, 1.165) is 50.1 Å². The van der Waals surface area contributed by atoms with Gasteiger partial charge in [-0.15, -0.1) is 0 Å². The fourth-order valence-corrected chi connectivity index (χ4v) is 4.82. The Labute approximate surface area is 185 Å². The van der Waals surface area contributed by atoms with Crippen molar-refractivity contribution >= 4 is 11.8 Å². The van der Waals surface area contributed by atoms with Crippen LogP contribution in [0.2, 0.25) is 0 Å². The summed E-state index contributed by atoms with van der Waals surface area (Å²) in [5.41, 5.74) is 3.88. The van der Waals surface area contributed by atoms with Gasteiger partial charge in [0.15, 0.2) is 0 Å². The Morgan fingerprint density at radius 3 is 2.39 bits per heavy atom. The Hall–Kier alpha value is -2.82. The Morgan fingerprint density at radius 2 is 1.65 bits per heavy atom. The van der Waals surface area contributed by atoms with Crippen LogP contribution in [0.5, 0.6) is 5.75 Å². The van der Waals surface area contributed by atoms with Gasteiger partial charge in [0.25, 0.3) is 0 Å². The standard InChI is InChI=1S/C26H32N2O3/c1-31-23-12-7-20(8-13-23)9-14-25(29)27-15-4-16-28(18-17-27)26(30)19-22-11-10-21-5-2-3-6-24(21)22/h2-3,5-8,12-13,22H,4,9-11,14-19H2,1H3. The highest BCUT2D eigenvalue weighted by Crippen LogP contribution is 2.35. The van der Waals surface area contributed by atoms with Crippen LogP contribution in [-0.4, -0.2) is 54.9 Å². The molecule has 0 radical (unpaired) electrons. The van der Waals surface area contributed by atoms with Crippen LogP contribution in [-0.2, 0) is 22.4 Å². The van der Waals surface area contributed by atoms with Gasteiger partial charge >= 0.3 is 0 Å². The molecule has 2 amide bonds. The van der Waals surface area contributed by atoms with Crippen LogP contribution >= 0.6 is 0 Å². The fraction of sp³-hybridized carbons (Fsp3) is 0.462. The quantitative estimate of drug-likeness (QED) is 0.714. The first-order chi connectivity index (χ1) is 15.1. The SMILES string of the molecule is COc1ccc(CCC(=O)N2CCCN(C(=O)CC3CCc4ccccc43)CC2)cc1. The zero-order valence-corrected chi connectivity index (χ0v) is 18.4. The number of hydrogen-bond acceptors (Lipinski definition) is 3. The van der Waals surface area contributed by atoms with Crippen molar-refractivity contribution in [3.63, 3.8) is 0 Å². The molecule has 31 heavy (non-hydrogen) atoms. The van der Waals surface area contributed by atoms with Crippen molar-refractivity contribution in [3.05, 3.63) is 65.2 Å². The van der Waals surface area contributed by atoms with E-state index in [1.807, 2.05) is 34.1 Å². The first kappa shape index (κ1) is 21.4. The van der Waals surface area contributed by atoms with Crippen molar-refractivity contribution in [3.8, 4) is 5.75 Å². The molecule has 1 unspecified atom stereocenters. The lowest BCUT2D eigenvalue weighted by Crippen LogP contribution is -2.37. The highest BCUT2D eigenvalue weighted by atomic mass is 16.5. The van der Waals surface area contributed by atoms with Crippen molar-refractivity contribution < 1.29 is 14.3 Å². The van der Waals surface area contributed by atoms with Gasteiger partial charge in [0, 0.05) is 39.0 Å². The van der Waals surface area contributed by atoms with Crippen LogP contribution in [0, 0.1) is 0 Å². The highest BCUT2D eigenvalue weighted by molar-refractivity contribution is 5.78. The van der Waals surface area contributed by atoms with E-state index in [2.05, 4.69) is 24.3 Å². The minimum absolute atomic E-state index is 0.176. The number of methoxy groups -OCH3 is 1. The van der Waals surface area contributed by atoms with Crippen LogP contribution in [0.15, 0.2) is 48.5 Å². The molecule has 2 aromatic carbocycles. The molecular formula is C26H32N2O3. The molecule has 1 aliphatic heterocycles. The number of fused-ring (bicyclic) bond motifs is 1. The highest BCUT2D eigenvalue weighted by Gasteiger charge is 2.28. The first-order valence-corrected chi connectivity index (χ1v) is 11.4. The Kier molecular flexibility index (Phi) is 6.90. The third-order valence-electron chi connectivity index (χ3n) is 6.67. The Balaban J connectivity index is 1.26. The van der Waals surface area contributed by atoms with Crippen LogP contribution in [0.25, 0.3) is 0 Å². The summed E-state index contributed by atoms with van der Waals surface area (Å²) in [5, 5.41) is 0. The van der Waals surface area contributed by atoms with Crippen molar-refractivity contribution in [1.29, 1.82) is 0 Å². The molecule has 1 saturated heterocycles. The van der Waals surface area contributed by atoms with E-state index in [9.17, 15) is 9.59 Å². The molecule has 1 aliphatic carbocycles. The summed E-state index contributed by atoms with van der Waals surface area (Å²) >= 11 is 0. The number of amides is 2. The van der Waals surface area contributed by atoms with Crippen LogP contribution in [0.3, 0.4) is 0 Å². The second kappa shape index (κ2) is 9.99. The van der Waals surface area contributed by atoms with Crippen LogP contribution < -0.4 is 4.74 Å². The number of carbonyl (C=O) groups is 2. The maximum absolute atomic E-state index is 13.0. The summed E-state index contributed by atoms with van der Waals surface area (Å²) in [7, 11) is 1.65. The first-order valence-electron chi connectivity index (χ1n) is 11.4. The number of rotatable bonds is 6. The number of ether oxygens (including phenoxy) is 1. The van der Waals surface area contributed by atoms with E-state index in [-0.39, 0.29) is 11.8 Å². The molecule has 4 rings (SSSR count). The topological polar surface area (TPSA) is 49.9 Å². The van der Waals surface area contributed by atoms with E-state index in [4.69, 9.17) is 4.74 Å². The fourth-order valence-electron chi connectivity index (χ4n) is 4.82. The normalized spacial score (nSPS) is 18.4. The summed E-state index contributed by atoms with van der Waals surface area (Å²) in [5.74, 6) is 1.58. The number of benzene rings is 2. The van der Waals surface area contributed by atoms with E-state index in [0.29, 0.717) is 31.8 Å². The molecule has 0 saturated carbocycles. The number of nitrogens with zero attached hydrogens (tertiary/aromatic N) is 2. The van der Waals surface area contributed by atoms with Crippen LogP contribution in [0.4, 0.5) is 0 Å². The zero-order chi connectivity index (χ0) is 21.6. The summed E-state index contributed by atoms with van der Waals surface area (Å²) < 4.78 is 5.18. The predicted octanol–water partition coefficient (Wildman–Crippen LogP) is 3.81. The lowest BCUT2D eigenvalue weighted by Gasteiger charge is -2.23. The molecule has 0 bridgehead atoms. The van der Waals surface area contributed by atoms with E-state index < -0.39 is 0 Å². The Morgan fingerprint density at radius 1 is 0.935 bits per heavy atom. The average Bonchev–Trinajstić information content (AvgIpc) is 3.04. The summed E-state index contributed by atoms with van der Waals surface area (Å²) in [6.07, 6.45) is 4.80. The van der Waals surface area contributed by atoms with Gasteiger partial charge < -0.3 is 14.5 Å². The summed E-state index contributed by atoms with van der Waals surface area (Å²) in [6, 6.07) is 16.4. The molecule has 1 fully saturated rings. The third kappa shape index (κ3) is 5.27. The lowest BCUT2D eigenvalue weighted by atomic mass is 9.97. The van der Waals surface area contributed by atoms with Gasteiger partial charge in [-0.25, -0.2) is 0 Å². The molecule has 2 aliphatic rings. The smallest absolute Gasteiger partial charge is 0.223 e. The van der Waals surface area contributed by atoms with Gasteiger partial charge in [-0.05, 0) is 60.4 Å². The summed E-state index contributed by atoms with van der Waals surface area (Å²) in [4.78, 5) is 29.6. The number of hydrogen-bond donors (Lipinski definition) is 0. The second-order valence-corrected chi connectivity index (χ2v) is 8.60. The van der Waals surface area contributed by atoms with Gasteiger partial charge in [-0.1, -0.05) is 36.4 Å². The van der Waals surface area contributed by atoms with Crippen molar-refractivity contribution in [2.75, 3.05) is 33.3 Å². The number of carbonyl (C=O) groups excluding carboxylic acids is 2. The maximum Gasteiger partial charge on any atom is 0.223 e. The van der Waals surface area contributed by atoms with Crippen molar-refractivity contribution in [2.45, 2.75) is 44.4 Å². The molecule has 1 atom stereocenters. The molecular weight excluding hydrogens is 388 g/mol. The summed E-state index contributed by atoms with van der Waals surface area (Å²) in [6.45, 7) is 2.75. The van der Waals surface area contributed by atoms with Gasteiger partial charge in [0.1, 0.15) is 5.75 Å². The molecule has 0 N–H and O–H groups in total. The van der Waals surface area contributed by atoms with E-state index in [1.54, 1.807) is 7.11 Å². The minimum atomic E-state index is 0.176. The van der Waals surface area contributed by atoms with Crippen molar-refractivity contribution in [2.24, 2.45) is 0 Å². The minimum Gasteiger partial charge on any atom is -0.497 e. The Bertz CT molecular complexity index is 909. The molecule has 0 aromatic heterocycles. The third-order valence-corrected chi connectivity index (χ3v) is 6.67. The monoisotopic (exact) mass is 420 g/mol. The number of aryl methyl sites for hydroxylation is 2. The molecule has 5 heteroatoms. The van der Waals surface area contributed by atoms with Gasteiger partial charge in [0.05, 0.1) is 7.11 Å². The maximum atomic E-state index is 13.0. The molecule has 164 valence electrons. The van der Waals surface area contributed by atoms with E-state index >= 15 is 0 Å². The van der Waals surface area contributed by atoms with Gasteiger partial charge in [0.2, 0.25) is 11.8 Å². The van der Waals surface area contributed by atoms with Crippen molar-refractivity contribution in [1.82, 2.24) is 9.80 Å². The van der Waals surface area contributed by atoms with Gasteiger partial charge in [-0.3, -0.25) is 9.59 Å². The largest absolute Gasteiger partial charge is 0.497 e. The molecule has 0 spiro atoms. The lowest BCUT2D eigenvalue weighted by molar-refractivity contribution is -0.133. The molecule has 2 aromatic rings. The second-order valence-electron chi connectivity index (χ2n) is 8.60. The average molecular weight is 421 g/mol. The zero-order valence-electron chi connectivity index (χ0n) is 18.4.